The van der Waals surface area contributed by atoms with Gasteiger partial charge in [0.05, 0.1) is 37.0 Å². The van der Waals surface area contributed by atoms with E-state index in [0.29, 0.717) is 12.2 Å². The number of unbranched alkanes of at least 4 members (excludes halogenated alkanes) is 2. The van der Waals surface area contributed by atoms with Crippen molar-refractivity contribution in [3.63, 3.8) is 0 Å². The van der Waals surface area contributed by atoms with Crippen LogP contribution in [0.15, 0.2) is 18.2 Å². The zero-order valence-corrected chi connectivity index (χ0v) is 17.6. The molecule has 1 aliphatic carbocycles. The number of carbonyl (C=O) groups is 2. The van der Waals surface area contributed by atoms with Crippen LogP contribution in [0.25, 0.3) is 0 Å². The highest BCUT2D eigenvalue weighted by atomic mass is 16.5. The zero-order chi connectivity index (χ0) is 22.0. The summed E-state index contributed by atoms with van der Waals surface area (Å²) in [6.45, 7) is 2.07. The van der Waals surface area contributed by atoms with Gasteiger partial charge in [-0.1, -0.05) is 26.2 Å². The zero-order valence-electron chi connectivity index (χ0n) is 17.6. The molecule has 0 saturated carbocycles. The van der Waals surface area contributed by atoms with Gasteiger partial charge in [-0.2, -0.15) is 0 Å². The fourth-order valence-electron chi connectivity index (χ4n) is 3.91. The van der Waals surface area contributed by atoms with Gasteiger partial charge in [-0.05, 0) is 18.6 Å². The lowest BCUT2D eigenvalue weighted by Crippen LogP contribution is -2.23. The summed E-state index contributed by atoms with van der Waals surface area (Å²) in [4.78, 5) is 26.5. The maximum absolute atomic E-state index is 13.3. The minimum atomic E-state index is -0.607. The summed E-state index contributed by atoms with van der Waals surface area (Å²) < 4.78 is 16.0. The van der Waals surface area contributed by atoms with Gasteiger partial charge in [0.1, 0.15) is 23.0 Å². The molecule has 0 saturated heterocycles. The monoisotopic (exact) mass is 414 g/mol. The van der Waals surface area contributed by atoms with E-state index in [9.17, 15) is 19.8 Å². The minimum Gasteiger partial charge on any atom is -0.507 e. The van der Waals surface area contributed by atoms with Crippen LogP contribution in [0.4, 0.5) is 0 Å². The average molecular weight is 414 g/mol. The Labute approximate surface area is 175 Å². The second kappa shape index (κ2) is 8.75. The molecule has 0 fully saturated rings. The van der Waals surface area contributed by atoms with Gasteiger partial charge in [-0.25, -0.2) is 0 Å². The summed E-state index contributed by atoms with van der Waals surface area (Å²) in [5, 5.41) is 21.6. The highest BCUT2D eigenvalue weighted by Gasteiger charge is 2.38. The number of aromatic hydroxyl groups is 2. The Hall–Kier alpha value is -3.06. The Kier molecular flexibility index (Phi) is 6.31. The normalized spacial score (nSPS) is 13.6. The molecule has 0 aromatic heterocycles. The van der Waals surface area contributed by atoms with Crippen LogP contribution in [0.2, 0.25) is 0 Å². The van der Waals surface area contributed by atoms with Crippen molar-refractivity contribution in [2.24, 2.45) is 0 Å². The number of phenols is 2. The molecule has 7 nitrogen and oxygen atoms in total. The van der Waals surface area contributed by atoms with E-state index in [2.05, 4.69) is 6.92 Å². The molecular weight excluding hydrogens is 388 g/mol. The average Bonchev–Trinajstić information content (AvgIpc) is 2.74. The molecule has 3 rings (SSSR count). The van der Waals surface area contributed by atoms with Crippen LogP contribution in [0.3, 0.4) is 0 Å². The van der Waals surface area contributed by atoms with E-state index in [1.54, 1.807) is 0 Å². The lowest BCUT2D eigenvalue weighted by Gasteiger charge is -2.25. The first-order chi connectivity index (χ1) is 14.4. The van der Waals surface area contributed by atoms with Gasteiger partial charge in [0.2, 0.25) is 5.78 Å². The highest BCUT2D eigenvalue weighted by Crippen LogP contribution is 2.46. The van der Waals surface area contributed by atoms with Crippen LogP contribution < -0.4 is 9.47 Å². The molecule has 2 N–H and O–H groups in total. The molecule has 30 heavy (non-hydrogen) atoms. The lowest BCUT2D eigenvalue weighted by molar-refractivity contribution is 0.0877. The van der Waals surface area contributed by atoms with E-state index in [0.717, 1.165) is 19.3 Å². The number of hydrogen-bond donors (Lipinski definition) is 2. The number of fused-ring (bicyclic) bond motifs is 2. The largest absolute Gasteiger partial charge is 0.507 e. The van der Waals surface area contributed by atoms with Crippen LogP contribution in [0.5, 0.6) is 23.0 Å². The number of ether oxygens (including phenoxy) is 3. The summed E-state index contributed by atoms with van der Waals surface area (Å²) in [6, 6.07) is 4.19. The smallest absolute Gasteiger partial charge is 0.201 e. The van der Waals surface area contributed by atoms with Crippen LogP contribution >= 0.6 is 0 Å². The predicted octanol–water partition coefficient (Wildman–Crippen LogP) is 4.16. The Bertz CT molecular complexity index is 994. The van der Waals surface area contributed by atoms with Crippen molar-refractivity contribution in [1.29, 1.82) is 0 Å². The third-order valence-corrected chi connectivity index (χ3v) is 5.47. The van der Waals surface area contributed by atoms with Crippen molar-refractivity contribution in [1.82, 2.24) is 0 Å². The van der Waals surface area contributed by atoms with E-state index in [4.69, 9.17) is 14.2 Å². The van der Waals surface area contributed by atoms with Gasteiger partial charge in [-0.15, -0.1) is 0 Å². The van der Waals surface area contributed by atoms with E-state index < -0.39 is 23.4 Å². The predicted molar refractivity (Wildman–Crippen MR) is 110 cm³/mol. The molecule has 0 bridgehead atoms. The Morgan fingerprint density at radius 1 is 0.900 bits per heavy atom. The van der Waals surface area contributed by atoms with Crippen molar-refractivity contribution in [2.75, 3.05) is 21.3 Å². The Balaban J connectivity index is 2.18. The molecule has 0 spiro atoms. The maximum Gasteiger partial charge on any atom is 0.201 e. The second-order valence-electron chi connectivity index (χ2n) is 7.21. The van der Waals surface area contributed by atoms with Crippen molar-refractivity contribution in [2.45, 2.75) is 38.7 Å². The number of carbonyl (C=O) groups excluding carboxylic acids is 2. The number of hydrogen-bond acceptors (Lipinski definition) is 7. The van der Waals surface area contributed by atoms with Crippen molar-refractivity contribution in [3.8, 4) is 23.0 Å². The van der Waals surface area contributed by atoms with Gasteiger partial charge in [0.25, 0.3) is 0 Å². The summed E-state index contributed by atoms with van der Waals surface area (Å²) >= 11 is 0. The van der Waals surface area contributed by atoms with E-state index in [1.165, 1.54) is 39.5 Å². The Morgan fingerprint density at radius 2 is 1.60 bits per heavy atom. The fourth-order valence-corrected chi connectivity index (χ4v) is 3.91. The Morgan fingerprint density at radius 3 is 2.20 bits per heavy atom. The van der Waals surface area contributed by atoms with Crippen LogP contribution in [-0.2, 0) is 4.74 Å². The number of ketones is 2. The third kappa shape index (κ3) is 3.50. The standard InChI is InChI=1S/C23H26O7/c1-5-6-7-8-16(29-3)20-15(24)11-14-19(23(20)27)22(26)18-13(21(14)25)9-12(28-2)10-17(18)30-4/h9-11,16,24,27H,5-8H2,1-4H3/t16-/m0/s1. The molecule has 1 aliphatic rings. The third-order valence-electron chi connectivity index (χ3n) is 5.47. The number of phenolic OH excluding ortho intramolecular Hbond substituents is 2. The highest BCUT2D eigenvalue weighted by molar-refractivity contribution is 6.30. The molecule has 0 aliphatic heterocycles. The molecule has 160 valence electrons. The van der Waals surface area contributed by atoms with Crippen LogP contribution in [0, 0.1) is 0 Å². The first-order valence-electron chi connectivity index (χ1n) is 9.86. The summed E-state index contributed by atoms with van der Waals surface area (Å²) in [5.41, 5.74) is 0.0554. The molecule has 0 unspecified atom stereocenters. The molecule has 0 radical (unpaired) electrons. The van der Waals surface area contributed by atoms with E-state index in [-0.39, 0.29) is 39.3 Å². The van der Waals surface area contributed by atoms with E-state index in [1.807, 2.05) is 0 Å². The van der Waals surface area contributed by atoms with Crippen molar-refractivity contribution >= 4 is 11.6 Å². The van der Waals surface area contributed by atoms with Crippen LogP contribution in [0.1, 0.15) is 76.1 Å². The second-order valence-corrected chi connectivity index (χ2v) is 7.21. The quantitative estimate of drug-likeness (QED) is 0.534. The van der Waals surface area contributed by atoms with Gasteiger partial charge in [0, 0.05) is 24.3 Å². The number of benzene rings is 2. The maximum atomic E-state index is 13.3. The van der Waals surface area contributed by atoms with Gasteiger partial charge in [0.15, 0.2) is 5.78 Å². The summed E-state index contributed by atoms with van der Waals surface area (Å²) in [5.74, 6) is -1.25. The number of methoxy groups -OCH3 is 3. The molecule has 7 heteroatoms. The summed E-state index contributed by atoms with van der Waals surface area (Å²) in [7, 11) is 4.31. The molecule has 2 aromatic carbocycles. The lowest BCUT2D eigenvalue weighted by atomic mass is 9.81. The van der Waals surface area contributed by atoms with Crippen molar-refractivity contribution in [3.05, 3.63) is 46.0 Å². The van der Waals surface area contributed by atoms with Gasteiger partial charge in [-0.3, -0.25) is 9.59 Å². The van der Waals surface area contributed by atoms with E-state index >= 15 is 0 Å². The minimum absolute atomic E-state index is 0.0580. The molecular formula is C23H26O7. The number of rotatable bonds is 8. The first-order valence-corrected chi connectivity index (χ1v) is 9.86. The molecule has 0 heterocycles. The van der Waals surface area contributed by atoms with Gasteiger partial charge >= 0.3 is 0 Å². The van der Waals surface area contributed by atoms with Crippen LogP contribution in [-0.4, -0.2) is 43.1 Å². The molecule has 1 atom stereocenters. The molecule has 2 aromatic rings. The SMILES string of the molecule is CCCCC[C@H](OC)c1c(O)cc2c(c1O)C(=O)c1c(OC)cc(OC)cc1C2=O. The summed E-state index contributed by atoms with van der Waals surface area (Å²) in [6.07, 6.45) is 2.75. The topological polar surface area (TPSA) is 102 Å². The fraction of sp³-hybridized carbons (Fsp3) is 0.391. The van der Waals surface area contributed by atoms with Gasteiger partial charge < -0.3 is 24.4 Å². The van der Waals surface area contributed by atoms with Crippen molar-refractivity contribution < 1.29 is 34.0 Å². The first kappa shape index (κ1) is 21.6. The molecule has 0 amide bonds.